The lowest BCUT2D eigenvalue weighted by molar-refractivity contribution is -0.313. The van der Waals surface area contributed by atoms with Crippen LogP contribution in [-0.2, 0) is 29.7 Å². The molecule has 244 valence electrons. The average Bonchev–Trinajstić information content (AvgIpc) is 3.19. The first-order chi connectivity index (χ1) is 17.9. The summed E-state index contributed by atoms with van der Waals surface area (Å²) < 4.78 is 71.2. The Morgan fingerprint density at radius 1 is 1.21 bits per heavy atom. The van der Waals surface area contributed by atoms with Gasteiger partial charge in [-0.25, -0.2) is 4.79 Å². The van der Waals surface area contributed by atoms with Gasteiger partial charge in [-0.05, 0) is 31.7 Å². The number of hydrogen-bond donors (Lipinski definition) is 4. The van der Waals surface area contributed by atoms with E-state index in [1.807, 2.05) is 0 Å². The fraction of sp³-hybridized carbons (Fsp3) is 0.722. The number of azide groups is 1. The van der Waals surface area contributed by atoms with Crippen LogP contribution in [0.1, 0.15) is 37.5 Å². The van der Waals surface area contributed by atoms with Crippen LogP contribution in [0.4, 0.5) is 13.2 Å². The molecular weight excluding hydrogens is 621 g/mol. The Hall–Kier alpha value is -2.61. The van der Waals surface area contributed by atoms with E-state index in [1.54, 1.807) is 5.32 Å². The van der Waals surface area contributed by atoms with E-state index < -0.39 is 69.4 Å². The fourth-order valence-electron chi connectivity index (χ4n) is 3.70. The molecule has 19 nitrogen and oxygen atoms in total. The summed E-state index contributed by atoms with van der Waals surface area (Å²) in [5, 5.41) is 5.18. The van der Waals surface area contributed by atoms with Crippen molar-refractivity contribution in [3.05, 3.63) is 43.0 Å². The maximum Gasteiger partial charge on any atom is 0.471 e. The third-order valence-electron chi connectivity index (χ3n) is 5.46. The molecule has 0 bridgehead atoms. The quantitative estimate of drug-likeness (QED) is 0.0756. The maximum atomic E-state index is 13.0. The Balaban J connectivity index is 0. The van der Waals surface area contributed by atoms with Crippen LogP contribution in [0.5, 0.6) is 0 Å². The second kappa shape index (κ2) is 16.9. The molecule has 1 aliphatic rings. The van der Waals surface area contributed by atoms with Gasteiger partial charge in [0.15, 0.2) is 0 Å². The van der Waals surface area contributed by atoms with Crippen LogP contribution in [0.15, 0.2) is 20.9 Å². The lowest BCUT2D eigenvalue weighted by Crippen LogP contribution is -2.42. The zero-order chi connectivity index (χ0) is 29.6. The van der Waals surface area contributed by atoms with Crippen molar-refractivity contribution in [1.82, 2.24) is 32.9 Å². The number of alkyl halides is 3. The van der Waals surface area contributed by atoms with Crippen molar-refractivity contribution >= 4 is 21.1 Å². The minimum absolute atomic E-state index is 0. The van der Waals surface area contributed by atoms with Crippen LogP contribution < -0.4 is 49.7 Å². The van der Waals surface area contributed by atoms with Gasteiger partial charge in [0.1, 0.15) is 13.8 Å². The van der Waals surface area contributed by atoms with Gasteiger partial charge in [-0.1, -0.05) is 12.7 Å². The summed E-state index contributed by atoms with van der Waals surface area (Å²) in [6, 6.07) is -1.06. The van der Waals surface area contributed by atoms with E-state index in [9.17, 15) is 51.4 Å². The summed E-state index contributed by atoms with van der Waals surface area (Å²) in [4.78, 5) is 72.3. The third-order valence-corrected chi connectivity index (χ3v) is 8.78. The number of quaternary nitrogens is 3. The average molecular weight is 657 g/mol. The SMILES string of the molecule is Cc1cn([C@@H]2C[C@H](N=[N+]=[N-])[C@@H](COP(=O)([O-])CP(=O)([O-])[O-])O2)c(=O)n(CCCCCNC(=O)C(F)(F)F)c1=O.[NH4+].[NH4+].[NH4+]. The molecule has 1 aromatic rings. The largest absolute Gasteiger partial charge is 0.810 e. The first-order valence-electron chi connectivity index (χ1n) is 11.3. The monoisotopic (exact) mass is 657 g/mol. The van der Waals surface area contributed by atoms with Gasteiger partial charge < -0.3 is 56.8 Å². The van der Waals surface area contributed by atoms with Crippen molar-refractivity contribution in [2.75, 3.05) is 19.1 Å². The number of nitrogens with zero attached hydrogens (tertiary/aromatic N) is 5. The van der Waals surface area contributed by atoms with Crippen LogP contribution in [0, 0.1) is 6.92 Å². The highest BCUT2D eigenvalue weighted by Gasteiger charge is 2.38. The summed E-state index contributed by atoms with van der Waals surface area (Å²) in [5.74, 6) is -3.85. The van der Waals surface area contributed by atoms with Gasteiger partial charge in [0.05, 0.1) is 18.8 Å². The number of halogens is 3. The molecule has 2 rings (SSSR count). The van der Waals surface area contributed by atoms with E-state index in [-0.39, 0.29) is 62.8 Å². The highest BCUT2D eigenvalue weighted by atomic mass is 31.2. The minimum atomic E-state index is -5.45. The van der Waals surface area contributed by atoms with Crippen LogP contribution in [-0.4, -0.2) is 52.4 Å². The van der Waals surface area contributed by atoms with Gasteiger partial charge in [0, 0.05) is 42.1 Å². The number of carbonyl (C=O) groups excluding carboxylic acids is 1. The lowest BCUT2D eigenvalue weighted by atomic mass is 10.1. The first-order valence-corrected chi connectivity index (χ1v) is 14.7. The number of aryl methyl sites for hydroxylation is 1. The Bertz CT molecular complexity index is 1310. The topological polar surface area (TPSA) is 353 Å². The van der Waals surface area contributed by atoms with Crippen molar-refractivity contribution in [3.63, 3.8) is 0 Å². The number of ether oxygens (including phenoxy) is 1. The molecule has 0 saturated carbocycles. The standard InChI is InChI=1S/C18H27F3N6O10P2.3H3N/c1-11-8-27(17(30)26(15(11)28)6-4-2-3-5-23-16(29)18(19,20)21)14-7-12(24-25-22)13(37-14)9-36-39(34,35)10-38(31,32)33;;;/h8,12-14H,2-7,9-10H2,1H3,(H,23,29)(H,34,35)(H2,31,32,33);3*1H3/t12-,13+,14-;;;/m0.../s1. The molecule has 1 saturated heterocycles. The summed E-state index contributed by atoms with van der Waals surface area (Å²) in [6.07, 6.45) is -5.77. The second-order valence-electron chi connectivity index (χ2n) is 8.57. The van der Waals surface area contributed by atoms with Gasteiger partial charge in [-0.2, -0.15) is 13.2 Å². The molecule has 0 aliphatic carbocycles. The molecule has 1 aliphatic heterocycles. The molecule has 42 heavy (non-hydrogen) atoms. The Morgan fingerprint density at radius 2 is 1.83 bits per heavy atom. The van der Waals surface area contributed by atoms with E-state index in [0.29, 0.717) is 0 Å². The molecule has 2 heterocycles. The fourth-order valence-corrected chi connectivity index (χ4v) is 6.10. The number of unbranched alkanes of at least 4 members (excludes halogenated alkanes) is 2. The van der Waals surface area contributed by atoms with Gasteiger partial charge in [-0.15, -0.1) is 0 Å². The van der Waals surface area contributed by atoms with Crippen LogP contribution in [0.3, 0.4) is 0 Å². The molecule has 1 amide bonds. The number of hydrogen-bond acceptors (Lipinski definition) is 11. The van der Waals surface area contributed by atoms with Crippen molar-refractivity contribution < 1.29 is 51.0 Å². The van der Waals surface area contributed by atoms with E-state index in [2.05, 4.69) is 14.5 Å². The van der Waals surface area contributed by atoms with Gasteiger partial charge >= 0.3 is 17.8 Å². The molecule has 1 fully saturated rings. The molecule has 0 spiro atoms. The Kier molecular flexibility index (Phi) is 16.7. The van der Waals surface area contributed by atoms with Gasteiger partial charge in [0.25, 0.3) is 5.56 Å². The van der Waals surface area contributed by atoms with Gasteiger partial charge in [-0.3, -0.25) is 18.7 Å². The van der Waals surface area contributed by atoms with Crippen LogP contribution in [0.25, 0.3) is 10.4 Å². The highest BCUT2D eigenvalue weighted by Crippen LogP contribution is 2.48. The first kappa shape index (κ1) is 41.5. The zero-order valence-electron chi connectivity index (χ0n) is 23.3. The predicted molar refractivity (Wildman–Crippen MR) is 138 cm³/mol. The van der Waals surface area contributed by atoms with Crippen molar-refractivity contribution in [1.29, 1.82) is 0 Å². The van der Waals surface area contributed by atoms with E-state index >= 15 is 0 Å². The molecule has 1 aromatic heterocycles. The van der Waals surface area contributed by atoms with Crippen molar-refractivity contribution in [2.24, 2.45) is 5.11 Å². The maximum absolute atomic E-state index is 13.0. The van der Waals surface area contributed by atoms with Crippen molar-refractivity contribution in [2.45, 2.75) is 63.7 Å². The van der Waals surface area contributed by atoms with Gasteiger partial charge in [0.2, 0.25) is 0 Å². The number of aromatic nitrogens is 2. The molecule has 1 unspecified atom stereocenters. The normalized spacial score (nSPS) is 19.7. The predicted octanol–water partition coefficient (Wildman–Crippen LogP) is 0.703. The molecule has 13 N–H and O–H groups in total. The Morgan fingerprint density at radius 3 is 2.38 bits per heavy atom. The molecule has 4 atom stereocenters. The summed E-state index contributed by atoms with van der Waals surface area (Å²) in [5.41, 5.74) is 7.46. The minimum Gasteiger partial charge on any atom is -0.810 e. The Labute approximate surface area is 236 Å². The van der Waals surface area contributed by atoms with Crippen LogP contribution >= 0.6 is 15.2 Å². The van der Waals surface area contributed by atoms with Crippen LogP contribution in [0.2, 0.25) is 0 Å². The summed E-state index contributed by atoms with van der Waals surface area (Å²) >= 11 is 0. The molecule has 0 aromatic carbocycles. The zero-order valence-corrected chi connectivity index (χ0v) is 25.1. The molecule has 0 radical (unpaired) electrons. The third kappa shape index (κ3) is 12.3. The number of carbonyl (C=O) groups is 1. The van der Waals surface area contributed by atoms with E-state index in [0.717, 1.165) is 9.13 Å². The van der Waals surface area contributed by atoms with E-state index in [4.69, 9.17) is 10.3 Å². The highest BCUT2D eigenvalue weighted by molar-refractivity contribution is 7.67. The van der Waals surface area contributed by atoms with E-state index in [1.165, 1.54) is 13.1 Å². The number of rotatable bonds is 13. The summed E-state index contributed by atoms with van der Waals surface area (Å²) in [6.45, 7) is 0.206. The van der Waals surface area contributed by atoms with Crippen molar-refractivity contribution in [3.8, 4) is 0 Å². The number of nitrogens with one attached hydrogen (secondary N) is 1. The summed E-state index contributed by atoms with van der Waals surface area (Å²) in [7, 11) is -10.6. The second-order valence-corrected chi connectivity index (χ2v) is 12.4. The smallest absolute Gasteiger partial charge is 0.471 e. The lowest BCUT2D eigenvalue weighted by Gasteiger charge is -2.36. The molecule has 24 heteroatoms. The molecular formula is C18H36F3N9O10P2. The number of amides is 1.